The highest BCUT2D eigenvalue weighted by atomic mass is 15.1. The van der Waals surface area contributed by atoms with Crippen molar-refractivity contribution in [2.75, 3.05) is 4.90 Å². The van der Waals surface area contributed by atoms with Gasteiger partial charge < -0.3 is 9.47 Å². The van der Waals surface area contributed by atoms with E-state index in [0.717, 1.165) is 104 Å². The summed E-state index contributed by atoms with van der Waals surface area (Å²) in [6, 6.07) is 60.4. The molecule has 2 aliphatic carbocycles. The minimum Gasteiger partial charge on any atom is -0.310 e. The number of hydrogen-bond acceptors (Lipinski definition) is 5. The lowest BCUT2D eigenvalue weighted by molar-refractivity contribution is 0.976. The van der Waals surface area contributed by atoms with Gasteiger partial charge in [0.25, 0.3) is 0 Å². The summed E-state index contributed by atoms with van der Waals surface area (Å²) in [5, 5.41) is 7.11. The molecule has 13 rings (SSSR count). The van der Waals surface area contributed by atoms with Gasteiger partial charge in [-0.2, -0.15) is 0 Å². The van der Waals surface area contributed by atoms with Gasteiger partial charge in [0.15, 0.2) is 17.5 Å². The van der Waals surface area contributed by atoms with Crippen LogP contribution in [-0.2, 0) is 0 Å². The molecule has 0 atom stereocenters. The second-order valence-corrected chi connectivity index (χ2v) is 16.9. The minimum atomic E-state index is 0.658. The first kappa shape index (κ1) is 37.2. The van der Waals surface area contributed by atoms with E-state index < -0.39 is 0 Å². The Labute approximate surface area is 374 Å². The standard InChI is InChI=1S/C58H41N7/c1-5-18-38(19-6-1)55-60-56(39-20-7-2-8-21-39)62-57(61-55)40-22-17-27-43(34-40)64-51-30-15-13-28-45(51)48-36-46-47-35-44(63(41-23-9-3-10-24-41)42-25-11-4-12-26-42)32-33-52(47)65-53-31-16-14-29-50(53)59-58(65)49(46)37-54(48)64/h1-7,9-12,14,16-20,22-37H,8,13,15,21H2. The van der Waals surface area contributed by atoms with Gasteiger partial charge in [-0.15, -0.1) is 0 Å². The highest BCUT2D eigenvalue weighted by molar-refractivity contribution is 6.18. The van der Waals surface area contributed by atoms with Crippen LogP contribution in [0.4, 0.5) is 17.1 Å². The maximum absolute atomic E-state index is 5.37. The number of nitrogens with zero attached hydrogens (tertiary/aromatic N) is 7. The molecule has 4 aromatic heterocycles. The zero-order valence-corrected chi connectivity index (χ0v) is 35.5. The summed E-state index contributed by atoms with van der Waals surface area (Å²) in [6.45, 7) is 0. The zero-order chi connectivity index (χ0) is 42.8. The highest BCUT2D eigenvalue weighted by Gasteiger charge is 2.22. The summed E-state index contributed by atoms with van der Waals surface area (Å²) in [4.78, 5) is 23.0. The summed E-state index contributed by atoms with van der Waals surface area (Å²) in [6.07, 6.45) is 15.1. The summed E-state index contributed by atoms with van der Waals surface area (Å²) in [7, 11) is 0. The Balaban J connectivity index is 1.06. The molecular weight excluding hydrogens is 795 g/mol. The molecule has 0 unspecified atom stereocenters. The Morgan fingerprint density at radius 2 is 1.17 bits per heavy atom. The van der Waals surface area contributed by atoms with Crippen LogP contribution in [0.2, 0.25) is 0 Å². The first-order valence-electron chi connectivity index (χ1n) is 22.4. The Hall–Kier alpha value is -8.42. The molecule has 0 saturated heterocycles. The molecule has 0 amide bonds. The molecule has 11 aromatic rings. The molecule has 0 N–H and O–H groups in total. The van der Waals surface area contributed by atoms with E-state index in [4.69, 9.17) is 19.9 Å². The number of hydrogen-bond donors (Lipinski definition) is 0. The number of benzene rings is 7. The number of pyridine rings is 1. The van der Waals surface area contributed by atoms with Crippen LogP contribution in [0.3, 0.4) is 0 Å². The number of anilines is 3. The molecule has 4 heterocycles. The lowest BCUT2D eigenvalue weighted by atomic mass is 10.0. The normalized spacial score (nSPS) is 13.6. The largest absolute Gasteiger partial charge is 0.310 e. The van der Waals surface area contributed by atoms with Gasteiger partial charge in [0.05, 0.1) is 22.1 Å². The Morgan fingerprint density at radius 3 is 1.95 bits per heavy atom. The van der Waals surface area contributed by atoms with Crippen LogP contribution in [0.1, 0.15) is 31.5 Å². The molecule has 7 aromatic carbocycles. The first-order valence-corrected chi connectivity index (χ1v) is 22.4. The highest BCUT2D eigenvalue weighted by Crippen LogP contribution is 2.40. The molecular formula is C58H41N7. The van der Waals surface area contributed by atoms with Crippen molar-refractivity contribution in [2.24, 2.45) is 0 Å². The lowest BCUT2D eigenvalue weighted by Crippen LogP contribution is -2.30. The molecule has 0 aliphatic heterocycles. The van der Waals surface area contributed by atoms with Crippen LogP contribution in [0.15, 0.2) is 188 Å². The van der Waals surface area contributed by atoms with Gasteiger partial charge in [0, 0.05) is 60.6 Å². The molecule has 2 aliphatic rings. The molecule has 7 nitrogen and oxygen atoms in total. The lowest BCUT2D eigenvalue weighted by Gasteiger charge is -2.26. The monoisotopic (exact) mass is 835 g/mol. The summed E-state index contributed by atoms with van der Waals surface area (Å²) < 4.78 is 4.79. The van der Waals surface area contributed by atoms with Crippen molar-refractivity contribution in [1.82, 2.24) is 28.9 Å². The second kappa shape index (κ2) is 15.1. The number of aromatic nitrogens is 6. The topological polar surface area (TPSA) is 64.1 Å². The number of fused-ring (bicyclic) bond motifs is 11. The van der Waals surface area contributed by atoms with E-state index in [-0.39, 0.29) is 0 Å². The minimum absolute atomic E-state index is 0.658. The second-order valence-electron chi connectivity index (χ2n) is 16.9. The van der Waals surface area contributed by atoms with E-state index in [2.05, 4.69) is 196 Å². The molecule has 0 saturated carbocycles. The summed E-state index contributed by atoms with van der Waals surface area (Å²) in [5.74, 6) is 2.06. The average molecular weight is 836 g/mol. The van der Waals surface area contributed by atoms with E-state index >= 15 is 0 Å². The van der Waals surface area contributed by atoms with Crippen molar-refractivity contribution in [3.8, 4) is 28.5 Å². The summed E-state index contributed by atoms with van der Waals surface area (Å²) >= 11 is 0. The van der Waals surface area contributed by atoms with Crippen molar-refractivity contribution in [3.63, 3.8) is 0 Å². The van der Waals surface area contributed by atoms with Gasteiger partial charge >= 0.3 is 0 Å². The van der Waals surface area contributed by atoms with E-state index in [1.165, 1.54) is 26.7 Å². The third-order valence-corrected chi connectivity index (χ3v) is 13.0. The van der Waals surface area contributed by atoms with Crippen molar-refractivity contribution in [2.45, 2.75) is 25.7 Å². The van der Waals surface area contributed by atoms with Crippen molar-refractivity contribution < 1.29 is 0 Å². The number of rotatable bonds is 7. The van der Waals surface area contributed by atoms with E-state index in [9.17, 15) is 0 Å². The molecule has 7 heteroatoms. The predicted molar refractivity (Wildman–Crippen MR) is 267 cm³/mol. The molecule has 0 spiro atoms. The average Bonchev–Trinajstić information content (AvgIpc) is 3.93. The third kappa shape index (κ3) is 6.19. The van der Waals surface area contributed by atoms with E-state index in [1.807, 2.05) is 18.2 Å². The van der Waals surface area contributed by atoms with Gasteiger partial charge in [-0.05, 0) is 116 Å². The maximum Gasteiger partial charge on any atom is 0.164 e. The maximum atomic E-state index is 5.37. The Morgan fingerprint density at radius 1 is 0.462 bits per heavy atom. The van der Waals surface area contributed by atoms with Crippen LogP contribution in [0, 0.1) is 0 Å². The SMILES string of the molecule is C1=CCCC(c2nc(-c3ccccc3)nc(-c3cccc(-n4c5c(c6cc7c8cc(N(c9ccccc9)c9ccccc9)ccc8n8c9ccccc9nc8c7cc64)=CCCC=5)c3)n2)=C1. The Bertz CT molecular complexity index is 3840. The van der Waals surface area contributed by atoms with Gasteiger partial charge in [0.2, 0.25) is 0 Å². The van der Waals surface area contributed by atoms with Crippen LogP contribution < -0.4 is 15.5 Å². The molecule has 0 radical (unpaired) electrons. The molecule has 65 heavy (non-hydrogen) atoms. The van der Waals surface area contributed by atoms with Gasteiger partial charge in [-0.1, -0.05) is 121 Å². The smallest absolute Gasteiger partial charge is 0.164 e. The quantitative estimate of drug-likeness (QED) is 0.150. The fraction of sp³-hybridized carbons (Fsp3) is 0.0690. The van der Waals surface area contributed by atoms with Crippen LogP contribution in [-0.4, -0.2) is 28.9 Å². The molecule has 308 valence electrons. The fourth-order valence-corrected chi connectivity index (χ4v) is 9.99. The fourth-order valence-electron chi connectivity index (χ4n) is 9.99. The van der Waals surface area contributed by atoms with Gasteiger partial charge in [-0.25, -0.2) is 19.9 Å². The van der Waals surface area contributed by atoms with Crippen molar-refractivity contribution in [3.05, 3.63) is 204 Å². The zero-order valence-electron chi connectivity index (χ0n) is 35.5. The van der Waals surface area contributed by atoms with Crippen LogP contribution in [0.25, 0.3) is 95.4 Å². The van der Waals surface area contributed by atoms with Gasteiger partial charge in [0.1, 0.15) is 5.65 Å². The first-order chi connectivity index (χ1) is 32.2. The van der Waals surface area contributed by atoms with Crippen LogP contribution in [0.5, 0.6) is 0 Å². The Kier molecular flexibility index (Phi) is 8.66. The van der Waals surface area contributed by atoms with Gasteiger partial charge in [-0.3, -0.25) is 4.40 Å². The third-order valence-electron chi connectivity index (χ3n) is 13.0. The molecule has 0 fully saturated rings. The van der Waals surface area contributed by atoms with Crippen LogP contribution >= 0.6 is 0 Å². The number of imidazole rings is 1. The predicted octanol–water partition coefficient (Wildman–Crippen LogP) is 12.8. The number of allylic oxidation sites excluding steroid dienone is 4. The van der Waals surface area contributed by atoms with Crippen molar-refractivity contribution in [1.29, 1.82) is 0 Å². The molecule has 0 bridgehead atoms. The summed E-state index contributed by atoms with van der Waals surface area (Å²) in [5.41, 5.74) is 12.6. The van der Waals surface area contributed by atoms with E-state index in [1.54, 1.807) is 0 Å². The van der Waals surface area contributed by atoms with E-state index in [0.29, 0.717) is 11.6 Å². The number of para-hydroxylation sites is 4. The van der Waals surface area contributed by atoms with Crippen molar-refractivity contribution >= 4 is 84.0 Å².